The van der Waals surface area contributed by atoms with Gasteiger partial charge >= 0.3 is 0 Å². The number of hydrogen-bond acceptors (Lipinski definition) is 2. The fourth-order valence-corrected chi connectivity index (χ4v) is 5.43. The lowest BCUT2D eigenvalue weighted by atomic mass is 10.0. The summed E-state index contributed by atoms with van der Waals surface area (Å²) in [6.45, 7) is 4.26. The SMILES string of the molecule is C[C@@H]1c2cccn2CCN1S(=O)(=O)N1CCc2ccccc2C1. The molecule has 0 N–H and O–H groups in total. The lowest BCUT2D eigenvalue weighted by Gasteiger charge is -2.38. The number of benzene rings is 1. The molecule has 0 radical (unpaired) electrons. The van der Waals surface area contributed by atoms with Crippen molar-refractivity contribution < 1.29 is 8.42 Å². The van der Waals surface area contributed by atoms with Crippen molar-refractivity contribution in [2.24, 2.45) is 0 Å². The number of fused-ring (bicyclic) bond motifs is 2. The molecule has 122 valence electrons. The van der Waals surface area contributed by atoms with E-state index in [0.29, 0.717) is 19.6 Å². The van der Waals surface area contributed by atoms with Gasteiger partial charge < -0.3 is 4.57 Å². The number of aromatic nitrogens is 1. The summed E-state index contributed by atoms with van der Waals surface area (Å²) in [4.78, 5) is 0. The molecule has 0 saturated carbocycles. The van der Waals surface area contributed by atoms with Crippen LogP contribution < -0.4 is 0 Å². The van der Waals surface area contributed by atoms with Crippen LogP contribution in [0.3, 0.4) is 0 Å². The van der Waals surface area contributed by atoms with Crippen LogP contribution in [0.5, 0.6) is 0 Å². The molecule has 1 aromatic carbocycles. The fraction of sp³-hybridized carbons (Fsp3) is 0.412. The molecule has 0 unspecified atom stereocenters. The Labute approximate surface area is 137 Å². The Bertz CT molecular complexity index is 828. The molecular weight excluding hydrogens is 310 g/mol. The molecule has 2 aliphatic heterocycles. The predicted molar refractivity (Wildman–Crippen MR) is 89.0 cm³/mol. The molecule has 0 amide bonds. The van der Waals surface area contributed by atoms with Gasteiger partial charge in [0.1, 0.15) is 0 Å². The second kappa shape index (κ2) is 5.47. The molecule has 0 saturated heterocycles. The zero-order chi connectivity index (χ0) is 16.0. The first kappa shape index (κ1) is 14.9. The molecular formula is C17H21N3O2S. The van der Waals surface area contributed by atoms with Gasteiger partial charge in [0, 0.05) is 38.1 Å². The molecule has 2 aromatic rings. The first-order chi connectivity index (χ1) is 11.1. The minimum absolute atomic E-state index is 0.124. The van der Waals surface area contributed by atoms with Gasteiger partial charge in [0.25, 0.3) is 10.2 Å². The van der Waals surface area contributed by atoms with Gasteiger partial charge in [-0.15, -0.1) is 0 Å². The van der Waals surface area contributed by atoms with Crippen molar-refractivity contribution in [2.75, 3.05) is 13.1 Å². The van der Waals surface area contributed by atoms with Gasteiger partial charge in [0.15, 0.2) is 0 Å². The number of nitrogens with zero attached hydrogens (tertiary/aromatic N) is 3. The normalized spacial score (nSPS) is 22.6. The van der Waals surface area contributed by atoms with E-state index in [-0.39, 0.29) is 6.04 Å². The van der Waals surface area contributed by atoms with Crippen molar-refractivity contribution in [3.8, 4) is 0 Å². The maximum absolute atomic E-state index is 13.1. The van der Waals surface area contributed by atoms with Crippen LogP contribution in [0.25, 0.3) is 0 Å². The Morgan fingerprint density at radius 2 is 1.78 bits per heavy atom. The number of hydrogen-bond donors (Lipinski definition) is 0. The van der Waals surface area contributed by atoms with Gasteiger partial charge in [-0.2, -0.15) is 17.0 Å². The third-order valence-corrected chi connectivity index (χ3v) is 7.06. The highest BCUT2D eigenvalue weighted by molar-refractivity contribution is 7.86. The first-order valence-corrected chi connectivity index (χ1v) is 9.46. The number of rotatable bonds is 2. The summed E-state index contributed by atoms with van der Waals surface area (Å²) in [7, 11) is -3.44. The fourth-order valence-electron chi connectivity index (χ4n) is 3.69. The molecule has 4 rings (SSSR count). The quantitative estimate of drug-likeness (QED) is 0.847. The molecule has 5 nitrogen and oxygen atoms in total. The minimum atomic E-state index is -3.44. The van der Waals surface area contributed by atoms with Crippen LogP contribution in [-0.4, -0.2) is 34.7 Å². The van der Waals surface area contributed by atoms with Crippen LogP contribution in [-0.2, 0) is 29.7 Å². The maximum atomic E-state index is 13.1. The Morgan fingerprint density at radius 3 is 2.61 bits per heavy atom. The van der Waals surface area contributed by atoms with E-state index in [9.17, 15) is 8.42 Å². The lowest BCUT2D eigenvalue weighted by molar-refractivity contribution is 0.250. The summed E-state index contributed by atoms with van der Waals surface area (Å²) in [5.74, 6) is 0. The van der Waals surface area contributed by atoms with Crippen molar-refractivity contribution in [3.05, 3.63) is 59.4 Å². The summed E-state index contributed by atoms with van der Waals surface area (Å²) in [5, 5.41) is 0. The van der Waals surface area contributed by atoms with Gasteiger partial charge in [0.2, 0.25) is 0 Å². The molecule has 0 aliphatic carbocycles. The van der Waals surface area contributed by atoms with E-state index in [2.05, 4.69) is 10.6 Å². The van der Waals surface area contributed by atoms with Crippen LogP contribution in [0.2, 0.25) is 0 Å². The Hall–Kier alpha value is -1.63. The average Bonchev–Trinajstić information content (AvgIpc) is 3.04. The zero-order valence-corrected chi connectivity index (χ0v) is 14.0. The third-order valence-electron chi connectivity index (χ3n) is 5.00. The summed E-state index contributed by atoms with van der Waals surface area (Å²) in [5.41, 5.74) is 3.45. The van der Waals surface area contributed by atoms with Crippen molar-refractivity contribution in [1.82, 2.24) is 13.2 Å². The standard InChI is InChI=1S/C17H21N3O2S/c1-14-17-7-4-9-18(17)11-12-20(14)23(21,22)19-10-8-15-5-2-3-6-16(15)13-19/h2-7,9,14H,8,10-13H2,1H3/t14-/m1/s1. The first-order valence-electron chi connectivity index (χ1n) is 8.06. The third kappa shape index (κ3) is 2.41. The molecule has 2 aliphatic rings. The minimum Gasteiger partial charge on any atom is -0.349 e. The van der Waals surface area contributed by atoms with Crippen molar-refractivity contribution in [2.45, 2.75) is 32.5 Å². The molecule has 3 heterocycles. The highest BCUT2D eigenvalue weighted by Crippen LogP contribution is 2.31. The highest BCUT2D eigenvalue weighted by Gasteiger charge is 2.37. The van der Waals surface area contributed by atoms with Crippen LogP contribution in [0.1, 0.15) is 29.8 Å². The molecule has 23 heavy (non-hydrogen) atoms. The van der Waals surface area contributed by atoms with E-state index in [4.69, 9.17) is 0 Å². The Morgan fingerprint density at radius 1 is 1.00 bits per heavy atom. The lowest BCUT2D eigenvalue weighted by Crippen LogP contribution is -2.49. The summed E-state index contributed by atoms with van der Waals surface area (Å²) in [6, 6.07) is 12.0. The molecule has 6 heteroatoms. The van der Waals surface area contributed by atoms with E-state index < -0.39 is 10.2 Å². The van der Waals surface area contributed by atoms with Crippen LogP contribution in [0.15, 0.2) is 42.6 Å². The van der Waals surface area contributed by atoms with Gasteiger partial charge in [-0.1, -0.05) is 24.3 Å². The Balaban J connectivity index is 1.62. The van der Waals surface area contributed by atoms with E-state index in [1.54, 1.807) is 8.61 Å². The molecule has 0 spiro atoms. The van der Waals surface area contributed by atoms with Crippen molar-refractivity contribution in [3.63, 3.8) is 0 Å². The summed E-state index contributed by atoms with van der Waals surface area (Å²) >= 11 is 0. The van der Waals surface area contributed by atoms with Gasteiger partial charge in [0.05, 0.1) is 6.04 Å². The van der Waals surface area contributed by atoms with Gasteiger partial charge in [-0.25, -0.2) is 0 Å². The van der Waals surface area contributed by atoms with Crippen LogP contribution in [0, 0.1) is 0 Å². The second-order valence-corrected chi connectivity index (χ2v) is 8.15. The summed E-state index contributed by atoms with van der Waals surface area (Å²) in [6.07, 6.45) is 2.81. The highest BCUT2D eigenvalue weighted by atomic mass is 32.2. The Kier molecular flexibility index (Phi) is 3.55. The van der Waals surface area contributed by atoms with E-state index in [1.165, 1.54) is 5.56 Å². The van der Waals surface area contributed by atoms with E-state index in [1.807, 2.05) is 43.5 Å². The van der Waals surface area contributed by atoms with Gasteiger partial charge in [-0.3, -0.25) is 0 Å². The second-order valence-electron chi connectivity index (χ2n) is 6.27. The maximum Gasteiger partial charge on any atom is 0.282 e. The van der Waals surface area contributed by atoms with E-state index >= 15 is 0 Å². The zero-order valence-electron chi connectivity index (χ0n) is 13.2. The van der Waals surface area contributed by atoms with Gasteiger partial charge in [-0.05, 0) is 36.6 Å². The average molecular weight is 331 g/mol. The predicted octanol–water partition coefficient (Wildman–Crippen LogP) is 2.17. The molecule has 1 atom stereocenters. The van der Waals surface area contributed by atoms with Crippen molar-refractivity contribution >= 4 is 10.2 Å². The van der Waals surface area contributed by atoms with Crippen LogP contribution in [0.4, 0.5) is 0 Å². The molecule has 1 aromatic heterocycles. The topological polar surface area (TPSA) is 45.6 Å². The smallest absolute Gasteiger partial charge is 0.282 e. The summed E-state index contributed by atoms with van der Waals surface area (Å²) < 4.78 is 31.7. The van der Waals surface area contributed by atoms with Crippen LogP contribution >= 0.6 is 0 Å². The van der Waals surface area contributed by atoms with E-state index in [0.717, 1.165) is 24.2 Å². The largest absolute Gasteiger partial charge is 0.349 e. The van der Waals surface area contributed by atoms with Crippen molar-refractivity contribution in [1.29, 1.82) is 0 Å². The monoisotopic (exact) mass is 331 g/mol. The molecule has 0 bridgehead atoms. The molecule has 0 fully saturated rings.